The molecule has 4 rings (SSSR count). The molecule has 0 spiro atoms. The Kier molecular flexibility index (Phi) is 2.77. The van der Waals surface area contributed by atoms with E-state index in [1.165, 1.54) is 5.56 Å². The van der Waals surface area contributed by atoms with Gasteiger partial charge >= 0.3 is 0 Å². The summed E-state index contributed by atoms with van der Waals surface area (Å²) in [5.74, 6) is 1.66. The van der Waals surface area contributed by atoms with Gasteiger partial charge in [-0.05, 0) is 31.5 Å². The molecule has 108 valence electrons. The van der Waals surface area contributed by atoms with Crippen LogP contribution >= 0.6 is 0 Å². The zero-order valence-electron chi connectivity index (χ0n) is 12.3. The SMILES string of the molecule is CCC1N=C(C)c2cccn2-c2cc3c(cc21)OCCO3. The summed E-state index contributed by atoms with van der Waals surface area (Å²) in [7, 11) is 0. The van der Waals surface area contributed by atoms with Gasteiger partial charge in [-0.2, -0.15) is 0 Å². The van der Waals surface area contributed by atoms with Crippen molar-refractivity contribution >= 4 is 5.71 Å². The summed E-state index contributed by atoms with van der Waals surface area (Å²) in [5, 5.41) is 0. The fraction of sp³-hybridized carbons (Fsp3) is 0.353. The zero-order valence-corrected chi connectivity index (χ0v) is 12.3. The second kappa shape index (κ2) is 4.65. The van der Waals surface area contributed by atoms with Crippen molar-refractivity contribution in [1.29, 1.82) is 0 Å². The predicted octanol–water partition coefficient (Wildman–Crippen LogP) is 3.52. The molecule has 4 heteroatoms. The third kappa shape index (κ3) is 1.86. The van der Waals surface area contributed by atoms with Gasteiger partial charge in [0.05, 0.1) is 23.1 Å². The Morgan fingerprint density at radius 3 is 2.76 bits per heavy atom. The van der Waals surface area contributed by atoms with Gasteiger partial charge in [-0.3, -0.25) is 4.99 Å². The predicted molar refractivity (Wildman–Crippen MR) is 82.0 cm³/mol. The van der Waals surface area contributed by atoms with Crippen LogP contribution < -0.4 is 9.47 Å². The Balaban J connectivity index is 1.99. The minimum absolute atomic E-state index is 0.163. The minimum Gasteiger partial charge on any atom is -0.486 e. The van der Waals surface area contributed by atoms with E-state index in [2.05, 4.69) is 48.9 Å². The second-order valence-electron chi connectivity index (χ2n) is 5.46. The van der Waals surface area contributed by atoms with Gasteiger partial charge < -0.3 is 14.0 Å². The molecule has 0 saturated heterocycles. The molecule has 0 bridgehead atoms. The Morgan fingerprint density at radius 2 is 2.00 bits per heavy atom. The van der Waals surface area contributed by atoms with E-state index in [1.807, 2.05) is 0 Å². The van der Waals surface area contributed by atoms with Crippen molar-refractivity contribution in [2.75, 3.05) is 13.2 Å². The lowest BCUT2D eigenvalue weighted by Gasteiger charge is -2.23. The molecule has 1 unspecified atom stereocenters. The van der Waals surface area contributed by atoms with Crippen molar-refractivity contribution in [2.24, 2.45) is 4.99 Å². The van der Waals surface area contributed by atoms with Gasteiger partial charge in [-0.1, -0.05) is 6.92 Å². The molecule has 3 heterocycles. The molecule has 0 aliphatic carbocycles. The van der Waals surface area contributed by atoms with Gasteiger partial charge in [0.25, 0.3) is 0 Å². The first-order chi connectivity index (χ1) is 10.3. The standard InChI is InChI=1S/C17H18N2O2/c1-3-13-12-9-16-17(21-8-7-20-16)10-15(12)19-6-4-5-14(19)11(2)18-13/h4-6,9-10,13H,3,7-8H2,1-2H3. The molecule has 4 nitrogen and oxygen atoms in total. The number of fused-ring (bicyclic) bond motifs is 4. The highest BCUT2D eigenvalue weighted by Crippen LogP contribution is 2.40. The van der Waals surface area contributed by atoms with Crippen molar-refractivity contribution in [3.8, 4) is 17.2 Å². The van der Waals surface area contributed by atoms with Crippen molar-refractivity contribution in [1.82, 2.24) is 4.57 Å². The molecule has 1 aromatic carbocycles. The lowest BCUT2D eigenvalue weighted by atomic mass is 10.0. The van der Waals surface area contributed by atoms with Crippen LogP contribution in [0.2, 0.25) is 0 Å². The zero-order chi connectivity index (χ0) is 14.4. The normalized spacial score (nSPS) is 19.3. The van der Waals surface area contributed by atoms with Gasteiger partial charge in [0.1, 0.15) is 13.2 Å². The molecule has 0 fully saturated rings. The second-order valence-corrected chi connectivity index (χ2v) is 5.46. The van der Waals surface area contributed by atoms with E-state index in [0.29, 0.717) is 13.2 Å². The Hall–Kier alpha value is -2.23. The minimum atomic E-state index is 0.163. The van der Waals surface area contributed by atoms with Crippen LogP contribution in [0.4, 0.5) is 0 Å². The van der Waals surface area contributed by atoms with Gasteiger partial charge in [-0.15, -0.1) is 0 Å². The maximum absolute atomic E-state index is 5.74. The maximum atomic E-state index is 5.74. The largest absolute Gasteiger partial charge is 0.486 e. The van der Waals surface area contributed by atoms with Gasteiger partial charge in [0.15, 0.2) is 11.5 Å². The first-order valence-corrected chi connectivity index (χ1v) is 7.44. The number of rotatable bonds is 1. The molecule has 0 amide bonds. The van der Waals surface area contributed by atoms with Crippen molar-refractivity contribution in [3.05, 3.63) is 41.7 Å². The summed E-state index contributed by atoms with van der Waals surface area (Å²) in [6.45, 7) is 5.46. The molecule has 1 aromatic heterocycles. The molecule has 2 aliphatic heterocycles. The van der Waals surface area contributed by atoms with Crippen molar-refractivity contribution < 1.29 is 9.47 Å². The first kappa shape index (κ1) is 12.5. The van der Waals surface area contributed by atoms with E-state index in [1.54, 1.807) is 0 Å². The van der Waals surface area contributed by atoms with E-state index >= 15 is 0 Å². The van der Waals surface area contributed by atoms with Crippen LogP contribution in [0.15, 0.2) is 35.5 Å². The lowest BCUT2D eigenvalue weighted by molar-refractivity contribution is 0.171. The van der Waals surface area contributed by atoms with Crippen LogP contribution in [0.3, 0.4) is 0 Å². The van der Waals surface area contributed by atoms with Crippen LogP contribution in [0.1, 0.15) is 37.6 Å². The summed E-state index contributed by atoms with van der Waals surface area (Å²) in [6, 6.07) is 8.52. The number of hydrogen-bond acceptors (Lipinski definition) is 3. The highest BCUT2D eigenvalue weighted by atomic mass is 16.6. The van der Waals surface area contributed by atoms with Crippen LogP contribution in [0.25, 0.3) is 5.69 Å². The van der Waals surface area contributed by atoms with Crippen molar-refractivity contribution in [3.63, 3.8) is 0 Å². The number of aromatic nitrogens is 1. The highest BCUT2D eigenvalue weighted by molar-refractivity contribution is 5.98. The molecule has 0 N–H and O–H groups in total. The molecular weight excluding hydrogens is 264 g/mol. The molecular formula is C17H18N2O2. The first-order valence-electron chi connectivity index (χ1n) is 7.44. The highest BCUT2D eigenvalue weighted by Gasteiger charge is 2.24. The molecule has 0 saturated carbocycles. The van der Waals surface area contributed by atoms with Crippen LogP contribution in [-0.2, 0) is 0 Å². The quantitative estimate of drug-likeness (QED) is 0.802. The summed E-state index contributed by atoms with van der Waals surface area (Å²) < 4.78 is 13.7. The number of benzene rings is 1. The summed E-state index contributed by atoms with van der Waals surface area (Å²) in [5.41, 5.74) is 4.56. The van der Waals surface area contributed by atoms with Gasteiger partial charge in [-0.25, -0.2) is 0 Å². The maximum Gasteiger partial charge on any atom is 0.163 e. The van der Waals surface area contributed by atoms with E-state index < -0.39 is 0 Å². The molecule has 2 aromatic rings. The topological polar surface area (TPSA) is 35.8 Å². The Labute approximate surface area is 124 Å². The monoisotopic (exact) mass is 282 g/mol. The third-order valence-corrected chi connectivity index (χ3v) is 4.17. The average molecular weight is 282 g/mol. The third-order valence-electron chi connectivity index (χ3n) is 4.17. The fourth-order valence-corrected chi connectivity index (χ4v) is 3.14. The van der Waals surface area contributed by atoms with Gasteiger partial charge in [0.2, 0.25) is 0 Å². The summed E-state index contributed by atoms with van der Waals surface area (Å²) in [6.07, 6.45) is 3.05. The summed E-state index contributed by atoms with van der Waals surface area (Å²) in [4.78, 5) is 4.90. The molecule has 21 heavy (non-hydrogen) atoms. The Bertz CT molecular complexity index is 730. The van der Waals surface area contributed by atoms with E-state index in [-0.39, 0.29) is 6.04 Å². The van der Waals surface area contributed by atoms with E-state index in [9.17, 15) is 0 Å². The van der Waals surface area contributed by atoms with Gasteiger partial charge in [0, 0.05) is 17.8 Å². The van der Waals surface area contributed by atoms with E-state index in [0.717, 1.165) is 35.0 Å². The number of hydrogen-bond donors (Lipinski definition) is 0. The van der Waals surface area contributed by atoms with Crippen LogP contribution in [0.5, 0.6) is 11.5 Å². The molecule has 2 aliphatic rings. The Morgan fingerprint density at radius 1 is 1.24 bits per heavy atom. The fourth-order valence-electron chi connectivity index (χ4n) is 3.14. The van der Waals surface area contributed by atoms with Crippen LogP contribution in [0, 0.1) is 0 Å². The molecule has 0 radical (unpaired) electrons. The number of aliphatic imine (C=N–C) groups is 1. The summed E-state index contributed by atoms with van der Waals surface area (Å²) >= 11 is 0. The number of nitrogens with zero attached hydrogens (tertiary/aromatic N) is 2. The van der Waals surface area contributed by atoms with E-state index in [4.69, 9.17) is 14.5 Å². The van der Waals surface area contributed by atoms with Crippen molar-refractivity contribution in [2.45, 2.75) is 26.3 Å². The van der Waals surface area contributed by atoms with Crippen LogP contribution in [-0.4, -0.2) is 23.5 Å². The lowest BCUT2D eigenvalue weighted by Crippen LogP contribution is -2.16. The smallest absolute Gasteiger partial charge is 0.163 e. The molecule has 1 atom stereocenters. The number of ether oxygens (including phenoxy) is 2. The average Bonchev–Trinajstić information content (AvgIpc) is 2.97.